The standard InChI is InChI=1S/C11H18N2O4S2.C7H16N2O/c1-7(15)9(13-11-18-19-11)4-5-12-8(6-14)2-3-10(16)17;1-6(10)7(9-3)4-5-8-2/h6,8-9,11-13H,2-5H2,1H3,(H,16,17);7-9H,4-5H2,1-3H3/t8-,9-;7-/m00/s1. The minimum absolute atomic E-state index is 0.0208. The van der Waals surface area contributed by atoms with Gasteiger partial charge in [-0.25, -0.2) is 0 Å². The molecule has 0 aliphatic carbocycles. The first-order valence-corrected chi connectivity index (χ1v) is 11.8. The number of hydrogen-bond donors (Lipinski definition) is 5. The molecule has 0 bridgehead atoms. The van der Waals surface area contributed by atoms with E-state index >= 15 is 0 Å². The highest BCUT2D eigenvalue weighted by atomic mass is 33.2. The molecule has 1 heterocycles. The third-order valence-electron chi connectivity index (χ3n) is 4.22. The van der Waals surface area contributed by atoms with E-state index in [1.54, 1.807) is 28.5 Å². The molecule has 1 aliphatic rings. The van der Waals surface area contributed by atoms with Crippen LogP contribution in [0.5, 0.6) is 0 Å². The van der Waals surface area contributed by atoms with E-state index in [0.717, 1.165) is 13.0 Å². The smallest absolute Gasteiger partial charge is 0.303 e. The van der Waals surface area contributed by atoms with Crippen LogP contribution in [-0.2, 0) is 19.2 Å². The molecule has 0 aromatic heterocycles. The maximum atomic E-state index is 11.4. The van der Waals surface area contributed by atoms with Crippen LogP contribution in [0.3, 0.4) is 0 Å². The first-order chi connectivity index (χ1) is 13.7. The summed E-state index contributed by atoms with van der Waals surface area (Å²) in [5.74, 6) is -0.638. The second kappa shape index (κ2) is 16.8. The molecule has 9 nitrogen and oxygen atoms in total. The largest absolute Gasteiger partial charge is 0.481 e. The number of ketones is 2. The minimum Gasteiger partial charge on any atom is -0.481 e. The Kier molecular flexibility index (Phi) is 16.2. The van der Waals surface area contributed by atoms with Crippen molar-refractivity contribution in [3.05, 3.63) is 0 Å². The molecule has 0 amide bonds. The number of nitrogens with one attached hydrogen (secondary N) is 4. The van der Waals surface area contributed by atoms with Crippen LogP contribution in [0.2, 0.25) is 0 Å². The van der Waals surface area contributed by atoms with E-state index in [0.29, 0.717) is 24.0 Å². The first kappa shape index (κ1) is 28.0. The SMILES string of the molecule is CC(=O)[C@H](CCN[C@H](C=O)CCC(=O)O)NC1SS1.CNCC[C@H](NC)C(C)=O. The fourth-order valence-electron chi connectivity index (χ4n) is 2.40. The average Bonchev–Trinajstić information content (AvgIpc) is 3.48. The molecule has 0 radical (unpaired) electrons. The summed E-state index contributed by atoms with van der Waals surface area (Å²) < 4.78 is 0.294. The van der Waals surface area contributed by atoms with Crippen LogP contribution in [0.15, 0.2) is 0 Å². The molecule has 11 heteroatoms. The summed E-state index contributed by atoms with van der Waals surface area (Å²) >= 11 is 0. The Morgan fingerprint density at radius 3 is 2.00 bits per heavy atom. The van der Waals surface area contributed by atoms with Crippen molar-refractivity contribution in [2.45, 2.75) is 62.4 Å². The number of rotatable bonds is 16. The van der Waals surface area contributed by atoms with Crippen LogP contribution in [0, 0.1) is 0 Å². The van der Waals surface area contributed by atoms with Crippen molar-refractivity contribution < 1.29 is 24.3 Å². The lowest BCUT2D eigenvalue weighted by Crippen LogP contribution is -2.40. The van der Waals surface area contributed by atoms with Gasteiger partial charge in [0.2, 0.25) is 0 Å². The van der Waals surface area contributed by atoms with Crippen molar-refractivity contribution in [1.29, 1.82) is 0 Å². The molecule has 29 heavy (non-hydrogen) atoms. The summed E-state index contributed by atoms with van der Waals surface area (Å²) in [6.07, 6.45) is 2.39. The maximum Gasteiger partial charge on any atom is 0.303 e. The van der Waals surface area contributed by atoms with Gasteiger partial charge in [0, 0.05) is 6.42 Å². The number of carboxylic acids is 1. The Balaban J connectivity index is 0.000000665. The van der Waals surface area contributed by atoms with Crippen LogP contribution >= 0.6 is 21.6 Å². The third-order valence-corrected chi connectivity index (χ3v) is 6.03. The van der Waals surface area contributed by atoms with E-state index in [2.05, 4.69) is 21.3 Å². The highest BCUT2D eigenvalue weighted by molar-refractivity contribution is 8.92. The van der Waals surface area contributed by atoms with Crippen molar-refractivity contribution in [3.8, 4) is 0 Å². The molecule has 1 saturated heterocycles. The summed E-state index contributed by atoms with van der Waals surface area (Å²) in [4.78, 5) is 43.4. The van der Waals surface area contributed by atoms with Gasteiger partial charge in [0.05, 0.1) is 18.1 Å². The van der Waals surface area contributed by atoms with Gasteiger partial charge in [0.15, 0.2) is 0 Å². The predicted molar refractivity (Wildman–Crippen MR) is 118 cm³/mol. The lowest BCUT2D eigenvalue weighted by atomic mass is 10.1. The second-order valence-corrected chi connectivity index (χ2v) is 9.40. The van der Waals surface area contributed by atoms with Crippen molar-refractivity contribution in [2.24, 2.45) is 0 Å². The Morgan fingerprint density at radius 1 is 1.00 bits per heavy atom. The van der Waals surface area contributed by atoms with Gasteiger partial charge in [0.25, 0.3) is 0 Å². The second-order valence-electron chi connectivity index (χ2n) is 6.62. The topological polar surface area (TPSA) is 137 Å². The lowest BCUT2D eigenvalue weighted by Gasteiger charge is -2.16. The maximum absolute atomic E-state index is 11.4. The Bertz CT molecular complexity index is 520. The van der Waals surface area contributed by atoms with Gasteiger partial charge in [-0.15, -0.1) is 0 Å². The summed E-state index contributed by atoms with van der Waals surface area (Å²) in [5, 5.41) is 20.6. The molecule has 0 unspecified atom stereocenters. The monoisotopic (exact) mass is 450 g/mol. The van der Waals surface area contributed by atoms with Crippen LogP contribution in [0.25, 0.3) is 0 Å². The van der Waals surface area contributed by atoms with E-state index in [4.69, 9.17) is 5.11 Å². The minimum atomic E-state index is -0.917. The van der Waals surface area contributed by atoms with E-state index < -0.39 is 12.0 Å². The predicted octanol–water partition coefficient (Wildman–Crippen LogP) is 0.397. The van der Waals surface area contributed by atoms with Gasteiger partial charge in [-0.05, 0) is 60.3 Å². The summed E-state index contributed by atoms with van der Waals surface area (Å²) in [6.45, 7) is 4.53. The fraction of sp³-hybridized carbons (Fsp3) is 0.778. The zero-order chi connectivity index (χ0) is 22.2. The molecule has 1 aliphatic heterocycles. The summed E-state index contributed by atoms with van der Waals surface area (Å²) in [6, 6.07) is -0.660. The zero-order valence-corrected chi connectivity index (χ0v) is 19.2. The molecule has 0 spiro atoms. The molecular formula is C18H34N4O5S2. The van der Waals surface area contributed by atoms with Crippen molar-refractivity contribution >= 4 is 45.4 Å². The number of carbonyl (C=O) groups is 4. The fourth-order valence-corrected chi connectivity index (χ4v) is 3.40. The number of carbonyl (C=O) groups excluding carboxylic acids is 3. The number of hydrogen-bond acceptors (Lipinski definition) is 10. The average molecular weight is 451 g/mol. The molecular weight excluding hydrogens is 416 g/mol. The van der Waals surface area contributed by atoms with Crippen molar-refractivity contribution in [2.75, 3.05) is 27.2 Å². The first-order valence-electron chi connectivity index (χ1n) is 9.56. The molecule has 5 N–H and O–H groups in total. The van der Waals surface area contributed by atoms with Gasteiger partial charge in [0.1, 0.15) is 22.6 Å². The van der Waals surface area contributed by atoms with Crippen molar-refractivity contribution in [1.82, 2.24) is 21.3 Å². The molecule has 168 valence electrons. The zero-order valence-electron chi connectivity index (χ0n) is 17.5. The van der Waals surface area contributed by atoms with Gasteiger partial charge in [-0.3, -0.25) is 19.7 Å². The number of carboxylic acid groups (broad SMARTS) is 1. The van der Waals surface area contributed by atoms with Crippen LogP contribution in [0.4, 0.5) is 0 Å². The Hall–Kier alpha value is -0.980. The molecule has 1 fully saturated rings. The Labute approximate surface area is 180 Å². The van der Waals surface area contributed by atoms with Gasteiger partial charge < -0.3 is 25.9 Å². The molecule has 1 rings (SSSR count). The molecule has 0 aromatic rings. The normalized spacial score (nSPS) is 16.1. The summed E-state index contributed by atoms with van der Waals surface area (Å²) in [5.41, 5.74) is 0. The number of aldehydes is 1. The van der Waals surface area contributed by atoms with Gasteiger partial charge in [-0.1, -0.05) is 21.6 Å². The molecule has 3 atom stereocenters. The number of aliphatic carboxylic acids is 1. The number of Topliss-reactive ketones (excluding diaryl/α,β-unsaturated/α-hetero) is 2. The van der Waals surface area contributed by atoms with E-state index in [1.165, 1.54) is 6.92 Å². The lowest BCUT2D eigenvalue weighted by molar-refractivity contribution is -0.137. The number of likely N-dealkylation sites (N-methyl/N-ethyl adjacent to an activating group) is 1. The van der Waals surface area contributed by atoms with E-state index in [1.807, 2.05) is 14.1 Å². The van der Waals surface area contributed by atoms with Gasteiger partial charge >= 0.3 is 5.97 Å². The van der Waals surface area contributed by atoms with E-state index in [9.17, 15) is 19.2 Å². The van der Waals surface area contributed by atoms with Gasteiger partial charge in [-0.2, -0.15) is 0 Å². The van der Waals surface area contributed by atoms with Crippen LogP contribution in [0.1, 0.15) is 39.5 Å². The van der Waals surface area contributed by atoms with Crippen molar-refractivity contribution in [3.63, 3.8) is 0 Å². The highest BCUT2D eigenvalue weighted by Gasteiger charge is 2.28. The molecule has 0 aromatic carbocycles. The highest BCUT2D eigenvalue weighted by Crippen LogP contribution is 2.51. The Morgan fingerprint density at radius 2 is 1.59 bits per heavy atom. The quantitative estimate of drug-likeness (QED) is 0.127. The summed E-state index contributed by atoms with van der Waals surface area (Å²) in [7, 11) is 7.05. The molecule has 0 saturated carbocycles. The third kappa shape index (κ3) is 15.5. The van der Waals surface area contributed by atoms with Crippen LogP contribution in [-0.4, -0.2) is 78.9 Å². The van der Waals surface area contributed by atoms with E-state index in [-0.39, 0.29) is 36.5 Å². The van der Waals surface area contributed by atoms with Crippen LogP contribution < -0.4 is 21.3 Å².